The van der Waals surface area contributed by atoms with Gasteiger partial charge in [0.15, 0.2) is 0 Å². The molecule has 5 rings (SSSR count). The fourth-order valence-corrected chi connectivity index (χ4v) is 5.90. The van der Waals surface area contributed by atoms with Crippen molar-refractivity contribution in [3.05, 3.63) is 53.6 Å². The normalized spacial score (nSPS) is 19.3. The fraction of sp³-hybridized carbons (Fsp3) is 0.552. The molecule has 1 amide bonds. The lowest BCUT2D eigenvalue weighted by Gasteiger charge is -2.45. The maximum Gasteiger partial charge on any atom is 0.253 e. The molecule has 0 radical (unpaired) electrons. The van der Waals surface area contributed by atoms with E-state index in [1.807, 2.05) is 23.1 Å². The zero-order valence-corrected chi connectivity index (χ0v) is 21.5. The molecule has 1 spiro atoms. The van der Waals surface area contributed by atoms with Crippen LogP contribution >= 0.6 is 0 Å². The van der Waals surface area contributed by atoms with Gasteiger partial charge >= 0.3 is 0 Å². The minimum atomic E-state index is 0.107. The van der Waals surface area contributed by atoms with E-state index >= 15 is 0 Å². The summed E-state index contributed by atoms with van der Waals surface area (Å²) in [5.74, 6) is 1.16. The summed E-state index contributed by atoms with van der Waals surface area (Å²) in [5.41, 5.74) is 3.82. The highest BCUT2D eigenvalue weighted by atomic mass is 16.5. The number of aromatic nitrogens is 3. The van der Waals surface area contributed by atoms with Crippen LogP contribution in [0.25, 0.3) is 11.0 Å². The number of ether oxygens (including phenoxy) is 1. The van der Waals surface area contributed by atoms with Crippen molar-refractivity contribution in [2.45, 2.75) is 58.3 Å². The first-order valence-electron chi connectivity index (χ1n) is 13.7. The molecular formula is C29H39N5O2. The summed E-state index contributed by atoms with van der Waals surface area (Å²) in [6.07, 6.45) is 9.22. The van der Waals surface area contributed by atoms with Crippen LogP contribution in [0.4, 0.5) is 0 Å². The fourth-order valence-electron chi connectivity index (χ4n) is 5.90. The number of fused-ring (bicyclic) bond motifs is 2. The number of likely N-dealkylation sites (tertiary alicyclic amines) is 1. The molecule has 0 atom stereocenters. The van der Waals surface area contributed by atoms with Crippen LogP contribution in [-0.4, -0.2) is 70.4 Å². The molecule has 0 unspecified atom stereocenters. The molecule has 2 aliphatic heterocycles. The average Bonchev–Trinajstić information content (AvgIpc) is 3.38. The van der Waals surface area contributed by atoms with E-state index in [1.54, 1.807) is 0 Å². The minimum absolute atomic E-state index is 0.107. The molecule has 0 bridgehead atoms. The Bertz CT molecular complexity index is 1150. The van der Waals surface area contributed by atoms with Crippen molar-refractivity contribution >= 4 is 16.9 Å². The maximum absolute atomic E-state index is 13.3. The number of hydrogen-bond acceptors (Lipinski definition) is 5. The Morgan fingerprint density at radius 1 is 1.03 bits per heavy atom. The molecule has 1 fully saturated rings. The third-order valence-electron chi connectivity index (χ3n) is 8.10. The highest BCUT2D eigenvalue weighted by Gasteiger charge is 2.37. The molecule has 1 saturated heterocycles. The van der Waals surface area contributed by atoms with Crippen LogP contribution in [0.1, 0.15) is 67.8 Å². The molecule has 0 aliphatic carbocycles. The summed E-state index contributed by atoms with van der Waals surface area (Å²) in [7, 11) is 0. The first-order valence-corrected chi connectivity index (χ1v) is 13.7. The number of para-hydroxylation sites is 1. The lowest BCUT2D eigenvalue weighted by Crippen LogP contribution is -2.48. The molecule has 3 heterocycles. The van der Waals surface area contributed by atoms with E-state index in [0.29, 0.717) is 5.56 Å². The predicted octanol–water partition coefficient (Wildman–Crippen LogP) is 5.09. The quantitative estimate of drug-likeness (QED) is 0.553. The van der Waals surface area contributed by atoms with Crippen molar-refractivity contribution in [3.8, 4) is 5.75 Å². The number of carbonyl (C=O) groups is 1. The molecule has 36 heavy (non-hydrogen) atoms. The topological polar surface area (TPSA) is 74.3 Å². The number of nitrogens with one attached hydrogen (secondary N) is 1. The molecule has 7 heteroatoms. The summed E-state index contributed by atoms with van der Waals surface area (Å²) in [4.78, 5) is 18.0. The number of aromatic amines is 1. The second kappa shape index (κ2) is 11.4. The Hall–Kier alpha value is -2.93. The smallest absolute Gasteiger partial charge is 0.253 e. The van der Waals surface area contributed by atoms with Gasteiger partial charge in [-0.2, -0.15) is 15.4 Å². The van der Waals surface area contributed by atoms with E-state index in [9.17, 15) is 4.79 Å². The number of piperidine rings is 1. The highest BCUT2D eigenvalue weighted by molar-refractivity contribution is 5.97. The Balaban J connectivity index is 1.28. The average molecular weight is 490 g/mol. The number of benzene rings is 2. The lowest BCUT2D eigenvalue weighted by molar-refractivity contribution is 0.0375. The third kappa shape index (κ3) is 5.72. The monoisotopic (exact) mass is 489 g/mol. The standard InChI is InChI=1S/C29H39N5O2/c1-2-3-16-33-19-20-36-27-10-5-4-8-23(27)9-6-7-13-29(22-33)14-17-34(18-15-29)28(35)24-11-12-25-26(21-24)31-32-30-25/h4-5,8,10-12,21H,2-3,6-7,9,13-20,22H2,1H3,(H,30,31,32). The molecule has 3 aromatic rings. The number of hydrogen-bond donors (Lipinski definition) is 1. The molecular weight excluding hydrogens is 450 g/mol. The molecule has 2 aromatic carbocycles. The van der Waals surface area contributed by atoms with Gasteiger partial charge in [0.2, 0.25) is 0 Å². The van der Waals surface area contributed by atoms with E-state index in [-0.39, 0.29) is 11.3 Å². The van der Waals surface area contributed by atoms with Crippen molar-refractivity contribution in [1.82, 2.24) is 25.2 Å². The van der Waals surface area contributed by atoms with Gasteiger partial charge in [0, 0.05) is 31.7 Å². The zero-order valence-electron chi connectivity index (χ0n) is 21.5. The number of nitrogens with zero attached hydrogens (tertiary/aromatic N) is 4. The van der Waals surface area contributed by atoms with Crippen LogP contribution in [0.5, 0.6) is 5.75 Å². The zero-order chi connectivity index (χ0) is 24.8. The van der Waals surface area contributed by atoms with Crippen LogP contribution < -0.4 is 4.74 Å². The number of H-pyrrole nitrogens is 1. The Morgan fingerprint density at radius 2 is 1.86 bits per heavy atom. The van der Waals surface area contributed by atoms with Gasteiger partial charge in [0.1, 0.15) is 23.4 Å². The van der Waals surface area contributed by atoms with Crippen molar-refractivity contribution in [2.75, 3.05) is 39.3 Å². The highest BCUT2D eigenvalue weighted by Crippen LogP contribution is 2.39. The number of unbranched alkanes of at least 4 members (excludes halogenated alkanes) is 1. The first kappa shape index (κ1) is 24.8. The predicted molar refractivity (Wildman–Crippen MR) is 142 cm³/mol. The van der Waals surface area contributed by atoms with Crippen molar-refractivity contribution in [3.63, 3.8) is 0 Å². The van der Waals surface area contributed by atoms with E-state index in [0.717, 1.165) is 75.4 Å². The summed E-state index contributed by atoms with van der Waals surface area (Å²) in [6.45, 7) is 7.80. The van der Waals surface area contributed by atoms with Crippen LogP contribution in [-0.2, 0) is 6.42 Å². The second-order valence-electron chi connectivity index (χ2n) is 10.6. The van der Waals surface area contributed by atoms with E-state index in [1.165, 1.54) is 37.7 Å². The first-order chi connectivity index (χ1) is 17.7. The van der Waals surface area contributed by atoms with Gasteiger partial charge in [-0.1, -0.05) is 38.0 Å². The van der Waals surface area contributed by atoms with Crippen LogP contribution in [0.15, 0.2) is 42.5 Å². The molecule has 0 saturated carbocycles. The third-order valence-corrected chi connectivity index (χ3v) is 8.10. The van der Waals surface area contributed by atoms with Gasteiger partial charge < -0.3 is 9.64 Å². The van der Waals surface area contributed by atoms with Gasteiger partial charge in [0.05, 0.1) is 0 Å². The molecule has 1 N–H and O–H groups in total. The van der Waals surface area contributed by atoms with Crippen LogP contribution in [0.3, 0.4) is 0 Å². The SMILES string of the molecule is CCCCN1CCOc2ccccc2CCCCC2(CCN(C(=O)c3ccc4n[nH]nc4c3)CC2)C1. The molecule has 2 aliphatic rings. The summed E-state index contributed by atoms with van der Waals surface area (Å²) >= 11 is 0. The van der Waals surface area contributed by atoms with Crippen LogP contribution in [0, 0.1) is 5.41 Å². The number of aryl methyl sites for hydroxylation is 1. The van der Waals surface area contributed by atoms with Crippen molar-refractivity contribution in [2.24, 2.45) is 5.41 Å². The Kier molecular flexibility index (Phi) is 7.85. The summed E-state index contributed by atoms with van der Waals surface area (Å²) in [6, 6.07) is 14.1. The second-order valence-corrected chi connectivity index (χ2v) is 10.6. The van der Waals surface area contributed by atoms with Gasteiger partial charge in [-0.25, -0.2) is 0 Å². The number of amides is 1. The Labute approximate surface area is 214 Å². The van der Waals surface area contributed by atoms with E-state index in [4.69, 9.17) is 4.74 Å². The summed E-state index contributed by atoms with van der Waals surface area (Å²) < 4.78 is 6.26. The van der Waals surface area contributed by atoms with Gasteiger partial charge in [-0.3, -0.25) is 9.69 Å². The van der Waals surface area contributed by atoms with Gasteiger partial charge in [-0.15, -0.1) is 0 Å². The van der Waals surface area contributed by atoms with Crippen LogP contribution in [0.2, 0.25) is 0 Å². The van der Waals surface area contributed by atoms with E-state index < -0.39 is 0 Å². The van der Waals surface area contributed by atoms with Gasteiger partial charge in [0.25, 0.3) is 5.91 Å². The Morgan fingerprint density at radius 3 is 2.72 bits per heavy atom. The minimum Gasteiger partial charge on any atom is -0.492 e. The van der Waals surface area contributed by atoms with Gasteiger partial charge in [-0.05, 0) is 80.3 Å². The molecule has 7 nitrogen and oxygen atoms in total. The summed E-state index contributed by atoms with van der Waals surface area (Å²) in [5, 5.41) is 10.9. The molecule has 1 aromatic heterocycles. The van der Waals surface area contributed by atoms with Crippen molar-refractivity contribution < 1.29 is 9.53 Å². The lowest BCUT2D eigenvalue weighted by atomic mass is 9.73. The molecule has 192 valence electrons. The maximum atomic E-state index is 13.3. The van der Waals surface area contributed by atoms with Crippen molar-refractivity contribution in [1.29, 1.82) is 0 Å². The number of rotatable bonds is 4. The number of carbonyl (C=O) groups excluding carboxylic acids is 1. The largest absolute Gasteiger partial charge is 0.492 e. The van der Waals surface area contributed by atoms with E-state index in [2.05, 4.69) is 51.5 Å².